The number of hydrogen-bond donors (Lipinski definition) is 1. The predicted molar refractivity (Wildman–Crippen MR) is 69.9 cm³/mol. The minimum absolute atomic E-state index is 1.02. The van der Waals surface area contributed by atoms with Gasteiger partial charge in [-0.15, -0.1) is 0 Å². The lowest BCUT2D eigenvalue weighted by atomic mass is 10.2. The second-order valence-electron chi connectivity index (χ2n) is 4.77. The van der Waals surface area contributed by atoms with Gasteiger partial charge in [0.15, 0.2) is 0 Å². The molecule has 0 saturated carbocycles. The molecule has 0 aromatic carbocycles. The Morgan fingerprint density at radius 1 is 1.29 bits per heavy atom. The molecule has 1 aliphatic rings. The Morgan fingerprint density at radius 2 is 2.24 bits per heavy atom. The van der Waals surface area contributed by atoms with Crippen molar-refractivity contribution in [1.82, 2.24) is 19.8 Å². The van der Waals surface area contributed by atoms with E-state index in [2.05, 4.69) is 32.9 Å². The highest BCUT2D eigenvalue weighted by atomic mass is 15.2. The number of fused-ring (bicyclic) bond motifs is 1. The first-order valence-electron chi connectivity index (χ1n) is 6.83. The molecule has 0 spiro atoms. The summed E-state index contributed by atoms with van der Waals surface area (Å²) in [4.78, 5) is 6.90. The van der Waals surface area contributed by atoms with Crippen molar-refractivity contribution in [3.8, 4) is 0 Å². The van der Waals surface area contributed by atoms with Crippen molar-refractivity contribution in [3.05, 3.63) is 18.2 Å². The van der Waals surface area contributed by atoms with Crippen LogP contribution in [0.1, 0.15) is 32.0 Å². The first-order chi connectivity index (χ1) is 8.40. The van der Waals surface area contributed by atoms with E-state index in [-0.39, 0.29) is 0 Å². The van der Waals surface area contributed by atoms with Gasteiger partial charge in [-0.1, -0.05) is 6.92 Å². The maximum Gasteiger partial charge on any atom is 0.122 e. The average molecular weight is 236 g/mol. The molecule has 0 amide bonds. The smallest absolute Gasteiger partial charge is 0.122 e. The Bertz CT molecular complexity index is 321. The summed E-state index contributed by atoms with van der Waals surface area (Å²) in [6, 6.07) is 0. The number of unbranched alkanes of at least 4 members (excludes halogenated alkanes) is 1. The molecule has 0 aliphatic carbocycles. The zero-order valence-electron chi connectivity index (χ0n) is 10.9. The van der Waals surface area contributed by atoms with Gasteiger partial charge in [0.2, 0.25) is 0 Å². The Hall–Kier alpha value is -0.870. The SMILES string of the molecule is CCCNCCCCN1CCn2ccnc2C1. The third-order valence-corrected chi connectivity index (χ3v) is 3.33. The summed E-state index contributed by atoms with van der Waals surface area (Å²) in [5.41, 5.74) is 0. The molecule has 1 N–H and O–H groups in total. The van der Waals surface area contributed by atoms with E-state index >= 15 is 0 Å². The molecule has 0 fully saturated rings. The summed E-state index contributed by atoms with van der Waals surface area (Å²) in [7, 11) is 0. The van der Waals surface area contributed by atoms with Crippen LogP contribution in [0.2, 0.25) is 0 Å². The standard InChI is InChI=1S/C13H24N4/c1-2-5-14-6-3-4-8-16-10-11-17-9-7-15-13(17)12-16/h7,9,14H,2-6,8,10-12H2,1H3. The van der Waals surface area contributed by atoms with E-state index in [1.807, 2.05) is 6.20 Å². The Morgan fingerprint density at radius 3 is 3.12 bits per heavy atom. The second kappa shape index (κ2) is 6.77. The van der Waals surface area contributed by atoms with Gasteiger partial charge in [0.05, 0.1) is 6.54 Å². The molecule has 1 aliphatic heterocycles. The topological polar surface area (TPSA) is 33.1 Å². The highest BCUT2D eigenvalue weighted by molar-refractivity contribution is 4.95. The second-order valence-corrected chi connectivity index (χ2v) is 4.77. The lowest BCUT2D eigenvalue weighted by Gasteiger charge is -2.27. The lowest BCUT2D eigenvalue weighted by Crippen LogP contribution is -2.34. The van der Waals surface area contributed by atoms with Crippen LogP contribution in [-0.2, 0) is 13.1 Å². The van der Waals surface area contributed by atoms with Crippen LogP contribution in [0, 0.1) is 0 Å². The molecule has 0 bridgehead atoms. The molecule has 4 heteroatoms. The number of nitrogens with one attached hydrogen (secondary N) is 1. The minimum atomic E-state index is 1.02. The van der Waals surface area contributed by atoms with Gasteiger partial charge in [-0.3, -0.25) is 4.90 Å². The average Bonchev–Trinajstić information content (AvgIpc) is 2.81. The van der Waals surface area contributed by atoms with Crippen molar-refractivity contribution in [2.45, 2.75) is 39.3 Å². The summed E-state index contributed by atoms with van der Waals surface area (Å²) in [5, 5.41) is 3.45. The molecular weight excluding hydrogens is 212 g/mol. The summed E-state index contributed by atoms with van der Waals surface area (Å²) in [6.45, 7) is 9.03. The van der Waals surface area contributed by atoms with E-state index in [4.69, 9.17) is 0 Å². The van der Waals surface area contributed by atoms with Gasteiger partial charge in [0, 0.05) is 25.5 Å². The van der Waals surface area contributed by atoms with Crippen molar-refractivity contribution in [1.29, 1.82) is 0 Å². The van der Waals surface area contributed by atoms with Crippen molar-refractivity contribution >= 4 is 0 Å². The maximum atomic E-state index is 4.38. The van der Waals surface area contributed by atoms with Crippen molar-refractivity contribution in [2.75, 3.05) is 26.2 Å². The van der Waals surface area contributed by atoms with Gasteiger partial charge in [-0.25, -0.2) is 4.98 Å². The van der Waals surface area contributed by atoms with Crippen LogP contribution in [0.5, 0.6) is 0 Å². The molecule has 4 nitrogen and oxygen atoms in total. The van der Waals surface area contributed by atoms with Gasteiger partial charge in [-0.05, 0) is 38.9 Å². The largest absolute Gasteiger partial charge is 0.333 e. The van der Waals surface area contributed by atoms with Crippen LogP contribution in [-0.4, -0.2) is 40.6 Å². The fourth-order valence-electron chi connectivity index (χ4n) is 2.30. The number of aromatic nitrogens is 2. The van der Waals surface area contributed by atoms with E-state index in [0.29, 0.717) is 0 Å². The summed E-state index contributed by atoms with van der Waals surface area (Å²) >= 11 is 0. The van der Waals surface area contributed by atoms with E-state index in [1.54, 1.807) is 0 Å². The highest BCUT2D eigenvalue weighted by Gasteiger charge is 2.15. The molecule has 17 heavy (non-hydrogen) atoms. The predicted octanol–water partition coefficient (Wildman–Crippen LogP) is 1.48. The van der Waals surface area contributed by atoms with E-state index in [0.717, 1.165) is 26.2 Å². The van der Waals surface area contributed by atoms with E-state index < -0.39 is 0 Å². The molecule has 1 aromatic heterocycles. The van der Waals surface area contributed by atoms with Crippen LogP contribution >= 0.6 is 0 Å². The zero-order valence-corrected chi connectivity index (χ0v) is 10.9. The van der Waals surface area contributed by atoms with Crippen molar-refractivity contribution in [2.24, 2.45) is 0 Å². The minimum Gasteiger partial charge on any atom is -0.333 e. The summed E-state index contributed by atoms with van der Waals surface area (Å²) in [6.07, 6.45) is 7.80. The van der Waals surface area contributed by atoms with Crippen molar-refractivity contribution < 1.29 is 0 Å². The highest BCUT2D eigenvalue weighted by Crippen LogP contribution is 2.10. The molecule has 2 rings (SSSR count). The third-order valence-electron chi connectivity index (χ3n) is 3.33. The Kier molecular flexibility index (Phi) is 5.01. The first-order valence-corrected chi connectivity index (χ1v) is 6.83. The molecule has 96 valence electrons. The van der Waals surface area contributed by atoms with Crippen LogP contribution in [0.3, 0.4) is 0 Å². The third kappa shape index (κ3) is 3.82. The normalized spacial score (nSPS) is 16.1. The quantitative estimate of drug-likeness (QED) is 0.728. The number of rotatable bonds is 7. The first kappa shape index (κ1) is 12.6. The van der Waals surface area contributed by atoms with Crippen LogP contribution in [0.25, 0.3) is 0 Å². The van der Waals surface area contributed by atoms with E-state index in [9.17, 15) is 0 Å². The fourth-order valence-corrected chi connectivity index (χ4v) is 2.30. The van der Waals surface area contributed by atoms with Gasteiger partial charge in [0.25, 0.3) is 0 Å². The fraction of sp³-hybridized carbons (Fsp3) is 0.769. The Balaban J connectivity index is 1.59. The van der Waals surface area contributed by atoms with E-state index in [1.165, 1.54) is 38.2 Å². The van der Waals surface area contributed by atoms with Gasteiger partial charge in [0.1, 0.15) is 5.82 Å². The van der Waals surface area contributed by atoms with Crippen LogP contribution < -0.4 is 5.32 Å². The van der Waals surface area contributed by atoms with Gasteiger partial charge < -0.3 is 9.88 Å². The molecule has 0 atom stereocenters. The molecule has 0 unspecified atom stereocenters. The van der Waals surface area contributed by atoms with Gasteiger partial charge >= 0.3 is 0 Å². The molecule has 1 aromatic rings. The monoisotopic (exact) mass is 236 g/mol. The summed E-state index contributed by atoms with van der Waals surface area (Å²) < 4.78 is 2.26. The lowest BCUT2D eigenvalue weighted by molar-refractivity contribution is 0.213. The number of imidazole rings is 1. The van der Waals surface area contributed by atoms with Gasteiger partial charge in [-0.2, -0.15) is 0 Å². The van der Waals surface area contributed by atoms with Crippen LogP contribution in [0.15, 0.2) is 12.4 Å². The number of hydrogen-bond acceptors (Lipinski definition) is 3. The zero-order chi connectivity index (χ0) is 11.9. The molecular formula is C13H24N4. The number of nitrogens with zero attached hydrogens (tertiary/aromatic N) is 3. The molecule has 0 radical (unpaired) electrons. The van der Waals surface area contributed by atoms with Crippen LogP contribution in [0.4, 0.5) is 0 Å². The molecule has 0 saturated heterocycles. The Labute approximate surface area is 104 Å². The molecule has 2 heterocycles. The summed E-state index contributed by atoms with van der Waals surface area (Å²) in [5.74, 6) is 1.22. The maximum absolute atomic E-state index is 4.38. The van der Waals surface area contributed by atoms with Crippen molar-refractivity contribution in [3.63, 3.8) is 0 Å².